The van der Waals surface area contributed by atoms with E-state index >= 15 is 0 Å². The van der Waals surface area contributed by atoms with E-state index in [1.54, 1.807) is 0 Å². The van der Waals surface area contributed by atoms with Gasteiger partial charge in [0.25, 0.3) is 0 Å². The Morgan fingerprint density at radius 3 is 1.14 bits per heavy atom. The van der Waals surface area contributed by atoms with Crippen LogP contribution in [0.25, 0.3) is 0 Å². The third-order valence-electron chi connectivity index (χ3n) is 0. The maximum atomic E-state index is 8.88. The van der Waals surface area contributed by atoms with E-state index in [2.05, 4.69) is 0 Å². The summed E-state index contributed by atoms with van der Waals surface area (Å²) in [5.74, 6) is 0. The topological polar surface area (TPSA) is 77.8 Å². The van der Waals surface area contributed by atoms with Crippen LogP contribution in [-0.4, -0.2) is 33.5 Å². The molecule has 7 heteroatoms. The third-order valence-corrected chi connectivity index (χ3v) is 0. The monoisotopic (exact) mass is 158 g/mol. The van der Waals surface area contributed by atoms with E-state index in [0.29, 0.717) is 0 Å². The SMILES string of the molecule is O=P(O)(O)O.[Cr].[LiH]. The van der Waals surface area contributed by atoms with Crippen LogP contribution in [0.5, 0.6) is 0 Å². The third kappa shape index (κ3) is 129. The predicted molar refractivity (Wildman–Crippen MR) is 21.4 cm³/mol. The van der Waals surface area contributed by atoms with Gasteiger partial charge in [-0.15, -0.1) is 0 Å². The van der Waals surface area contributed by atoms with E-state index in [4.69, 9.17) is 19.2 Å². The Bertz CT molecular complexity index is 57.8. The standard InChI is InChI=1S/Cr.Li.H3O4P.H/c;;1-5(2,3)4;/h;;(H3,1,2,3,4);. The summed E-state index contributed by atoms with van der Waals surface area (Å²) in [7, 11) is -4.64. The second-order valence-corrected chi connectivity index (χ2v) is 1.54. The molecule has 40 valence electrons. The van der Waals surface area contributed by atoms with Crippen molar-refractivity contribution >= 4 is 26.7 Å². The summed E-state index contributed by atoms with van der Waals surface area (Å²) in [4.78, 5) is 21.6. The summed E-state index contributed by atoms with van der Waals surface area (Å²) in [6.07, 6.45) is 0. The van der Waals surface area contributed by atoms with Crippen LogP contribution < -0.4 is 0 Å². The van der Waals surface area contributed by atoms with Crippen molar-refractivity contribution in [1.82, 2.24) is 0 Å². The molecule has 0 saturated carbocycles. The van der Waals surface area contributed by atoms with Crippen LogP contribution in [0, 0.1) is 0 Å². The molecule has 3 N–H and O–H groups in total. The quantitative estimate of drug-likeness (QED) is 0.293. The van der Waals surface area contributed by atoms with Crippen molar-refractivity contribution in [3.8, 4) is 0 Å². The zero-order valence-corrected chi connectivity index (χ0v) is 4.77. The van der Waals surface area contributed by atoms with E-state index < -0.39 is 7.82 Å². The van der Waals surface area contributed by atoms with Gasteiger partial charge in [-0.05, 0) is 0 Å². The Labute approximate surface area is 63.5 Å². The van der Waals surface area contributed by atoms with E-state index in [-0.39, 0.29) is 36.2 Å². The Kier molecular flexibility index (Phi) is 12.1. The van der Waals surface area contributed by atoms with Gasteiger partial charge in [0, 0.05) is 17.4 Å². The molecule has 0 spiro atoms. The zero-order valence-electron chi connectivity index (χ0n) is 2.61. The number of hydrogen-bond acceptors (Lipinski definition) is 1. The Morgan fingerprint density at radius 1 is 1.14 bits per heavy atom. The van der Waals surface area contributed by atoms with Crippen molar-refractivity contribution in [1.29, 1.82) is 0 Å². The maximum absolute atomic E-state index is 8.88. The predicted octanol–water partition coefficient (Wildman–Crippen LogP) is -1.58. The van der Waals surface area contributed by atoms with Gasteiger partial charge in [0.05, 0.1) is 0 Å². The summed E-state index contributed by atoms with van der Waals surface area (Å²) < 4.78 is 8.88. The van der Waals surface area contributed by atoms with Crippen LogP contribution >= 0.6 is 7.82 Å². The van der Waals surface area contributed by atoms with Crippen molar-refractivity contribution in [2.75, 3.05) is 0 Å². The normalized spacial score (nSPS) is 8.43. The molecule has 0 aliphatic rings. The van der Waals surface area contributed by atoms with Gasteiger partial charge in [-0.1, -0.05) is 0 Å². The van der Waals surface area contributed by atoms with Gasteiger partial charge >= 0.3 is 26.7 Å². The molecule has 7 heavy (non-hydrogen) atoms. The fourth-order valence-corrected chi connectivity index (χ4v) is 0. The van der Waals surface area contributed by atoms with E-state index in [9.17, 15) is 0 Å². The first-order valence-electron chi connectivity index (χ1n) is 0.783. The molecule has 0 fully saturated rings. The van der Waals surface area contributed by atoms with Gasteiger partial charge in [-0.2, -0.15) is 0 Å². The van der Waals surface area contributed by atoms with Gasteiger partial charge < -0.3 is 14.7 Å². The summed E-state index contributed by atoms with van der Waals surface area (Å²) >= 11 is 0. The van der Waals surface area contributed by atoms with Crippen LogP contribution in [0.3, 0.4) is 0 Å². The molecule has 4 nitrogen and oxygen atoms in total. The molecule has 0 heterocycles. The van der Waals surface area contributed by atoms with Crippen LogP contribution in [0.4, 0.5) is 0 Å². The Balaban J connectivity index is -0.0000000800. The van der Waals surface area contributed by atoms with E-state index in [0.717, 1.165) is 0 Å². The van der Waals surface area contributed by atoms with Crippen molar-refractivity contribution < 1.29 is 36.6 Å². The number of rotatable bonds is 0. The zero-order chi connectivity index (χ0) is 4.50. The molecule has 0 amide bonds. The molecule has 0 rings (SSSR count). The summed E-state index contributed by atoms with van der Waals surface area (Å²) in [5.41, 5.74) is 0. The molecule has 0 saturated heterocycles. The van der Waals surface area contributed by atoms with Crippen LogP contribution in [0.2, 0.25) is 0 Å². The molecule has 0 aliphatic carbocycles. The van der Waals surface area contributed by atoms with Gasteiger partial charge in [0.1, 0.15) is 0 Å². The average Bonchev–Trinajstić information content (AvgIpc) is 0.722. The first-order chi connectivity index (χ1) is 2.00. The van der Waals surface area contributed by atoms with Gasteiger partial charge in [0.15, 0.2) is 0 Å². The molecule has 0 unspecified atom stereocenters. The Morgan fingerprint density at radius 2 is 1.14 bits per heavy atom. The number of phosphoric acid groups is 1. The van der Waals surface area contributed by atoms with Gasteiger partial charge in [-0.3, -0.25) is 0 Å². The second kappa shape index (κ2) is 5.38. The molecular weight excluding hydrogens is 154 g/mol. The summed E-state index contributed by atoms with van der Waals surface area (Å²) in [6.45, 7) is 0. The minimum absolute atomic E-state index is 0. The molecule has 0 aromatic heterocycles. The van der Waals surface area contributed by atoms with Crippen molar-refractivity contribution in [3.05, 3.63) is 0 Å². The first-order valence-corrected chi connectivity index (χ1v) is 2.35. The van der Waals surface area contributed by atoms with E-state index in [1.807, 2.05) is 0 Å². The average molecular weight is 158 g/mol. The fraction of sp³-hybridized carbons (Fsp3) is 0. The van der Waals surface area contributed by atoms with Gasteiger partial charge in [0.2, 0.25) is 0 Å². The second-order valence-electron chi connectivity index (χ2n) is 0.513. The van der Waals surface area contributed by atoms with Crippen LogP contribution in [0.1, 0.15) is 0 Å². The molecule has 0 aliphatic heterocycles. The molecule has 0 aromatic rings. The molecular formula is H4CrLiO4P. The molecule has 0 atom stereocenters. The van der Waals surface area contributed by atoms with Crippen molar-refractivity contribution in [2.24, 2.45) is 0 Å². The van der Waals surface area contributed by atoms with E-state index in [1.165, 1.54) is 0 Å². The van der Waals surface area contributed by atoms with Crippen molar-refractivity contribution in [3.63, 3.8) is 0 Å². The molecule has 0 bridgehead atoms. The Hall–Kier alpha value is 1.24. The molecule has 0 radical (unpaired) electrons. The first kappa shape index (κ1) is 15.7. The fourth-order valence-electron chi connectivity index (χ4n) is 0. The number of hydrogen-bond donors (Lipinski definition) is 3. The van der Waals surface area contributed by atoms with Crippen LogP contribution in [-0.2, 0) is 21.9 Å². The van der Waals surface area contributed by atoms with Gasteiger partial charge in [-0.25, -0.2) is 4.57 Å². The van der Waals surface area contributed by atoms with Crippen LogP contribution in [0.15, 0.2) is 0 Å². The summed E-state index contributed by atoms with van der Waals surface area (Å²) in [6, 6.07) is 0. The molecule has 0 aromatic carbocycles. The summed E-state index contributed by atoms with van der Waals surface area (Å²) in [5, 5.41) is 0. The van der Waals surface area contributed by atoms with Crippen molar-refractivity contribution in [2.45, 2.75) is 0 Å². The minimum atomic E-state index is -4.64.